The summed E-state index contributed by atoms with van der Waals surface area (Å²) >= 11 is 0. The minimum Gasteiger partial charge on any atom is -0.297 e. The Morgan fingerprint density at radius 3 is 1.80 bits per heavy atom. The summed E-state index contributed by atoms with van der Waals surface area (Å²) in [6, 6.07) is 1.81. The van der Waals surface area contributed by atoms with Gasteiger partial charge in [0.15, 0.2) is 0 Å². The average Bonchev–Trinajstić information content (AvgIpc) is 2.23. The van der Waals surface area contributed by atoms with Gasteiger partial charge in [-0.1, -0.05) is 40.0 Å². The Bertz CT molecular complexity index is 137. The van der Waals surface area contributed by atoms with Gasteiger partial charge in [-0.3, -0.25) is 4.90 Å². The molecule has 2 atom stereocenters. The van der Waals surface area contributed by atoms with Crippen LogP contribution < -0.4 is 0 Å². The van der Waals surface area contributed by atoms with Gasteiger partial charge in [-0.25, -0.2) is 0 Å². The molecule has 1 heterocycles. The van der Waals surface area contributed by atoms with Crippen molar-refractivity contribution in [2.45, 2.75) is 84.2 Å². The quantitative estimate of drug-likeness (QED) is 0.636. The van der Waals surface area contributed by atoms with Gasteiger partial charge in [0.05, 0.1) is 0 Å². The fraction of sp³-hybridized carbons (Fsp3) is 1.00. The van der Waals surface area contributed by atoms with E-state index in [2.05, 4.69) is 25.7 Å². The van der Waals surface area contributed by atoms with E-state index in [9.17, 15) is 0 Å². The molecule has 1 nitrogen and oxygen atoms in total. The highest BCUT2D eigenvalue weighted by Gasteiger charge is 2.28. The first-order valence-corrected chi connectivity index (χ1v) is 7.09. The van der Waals surface area contributed by atoms with Gasteiger partial charge in [-0.15, -0.1) is 0 Å². The standard InChI is InChI=1S/C14H29N/c1-4-8-13-10-7-11-14(9-5-2)15(13)12-6-3/h13-14H,4-12H2,1-3H3. The van der Waals surface area contributed by atoms with E-state index in [4.69, 9.17) is 0 Å². The second-order valence-corrected chi connectivity index (χ2v) is 5.05. The van der Waals surface area contributed by atoms with Crippen LogP contribution in [0.4, 0.5) is 0 Å². The third kappa shape index (κ3) is 3.79. The lowest BCUT2D eigenvalue weighted by Crippen LogP contribution is -2.46. The van der Waals surface area contributed by atoms with Crippen molar-refractivity contribution >= 4 is 0 Å². The van der Waals surface area contributed by atoms with Crippen LogP contribution in [0.3, 0.4) is 0 Å². The first kappa shape index (κ1) is 13.0. The minimum absolute atomic E-state index is 0.903. The lowest BCUT2D eigenvalue weighted by molar-refractivity contribution is 0.0713. The lowest BCUT2D eigenvalue weighted by Gasteiger charge is -2.42. The van der Waals surface area contributed by atoms with Crippen LogP contribution in [0.15, 0.2) is 0 Å². The zero-order valence-electron chi connectivity index (χ0n) is 11.0. The van der Waals surface area contributed by atoms with Gasteiger partial charge in [-0.05, 0) is 38.6 Å². The Morgan fingerprint density at radius 1 is 0.867 bits per heavy atom. The van der Waals surface area contributed by atoms with Crippen molar-refractivity contribution in [2.75, 3.05) is 6.54 Å². The zero-order chi connectivity index (χ0) is 11.1. The highest BCUT2D eigenvalue weighted by molar-refractivity contribution is 4.83. The van der Waals surface area contributed by atoms with Gasteiger partial charge >= 0.3 is 0 Å². The predicted octanol–water partition coefficient (Wildman–Crippen LogP) is 4.22. The van der Waals surface area contributed by atoms with E-state index in [1.54, 1.807) is 0 Å². The molecule has 1 rings (SSSR count). The summed E-state index contributed by atoms with van der Waals surface area (Å²) in [4.78, 5) is 2.83. The van der Waals surface area contributed by atoms with Crippen LogP contribution >= 0.6 is 0 Å². The Labute approximate surface area is 96.2 Å². The molecule has 1 heteroatoms. The molecular weight excluding hydrogens is 182 g/mol. The molecule has 0 saturated carbocycles. The largest absolute Gasteiger partial charge is 0.297 e. The fourth-order valence-electron chi connectivity index (χ4n) is 3.13. The first-order valence-electron chi connectivity index (χ1n) is 7.09. The monoisotopic (exact) mass is 211 g/mol. The molecule has 1 aliphatic rings. The van der Waals surface area contributed by atoms with Gasteiger partial charge in [0.2, 0.25) is 0 Å². The van der Waals surface area contributed by atoms with E-state index in [-0.39, 0.29) is 0 Å². The summed E-state index contributed by atoms with van der Waals surface area (Å²) in [5.41, 5.74) is 0. The maximum atomic E-state index is 2.83. The van der Waals surface area contributed by atoms with Crippen molar-refractivity contribution in [3.8, 4) is 0 Å². The molecule has 0 aromatic heterocycles. The maximum Gasteiger partial charge on any atom is 0.00980 e. The molecule has 0 amide bonds. The van der Waals surface area contributed by atoms with Crippen molar-refractivity contribution in [2.24, 2.45) is 0 Å². The number of hydrogen-bond donors (Lipinski definition) is 0. The second kappa shape index (κ2) is 7.27. The summed E-state index contributed by atoms with van der Waals surface area (Å²) in [7, 11) is 0. The topological polar surface area (TPSA) is 3.24 Å². The maximum absolute atomic E-state index is 2.83. The van der Waals surface area contributed by atoms with Crippen LogP contribution in [-0.4, -0.2) is 23.5 Å². The summed E-state index contributed by atoms with van der Waals surface area (Å²) in [6.07, 6.45) is 11.2. The number of nitrogens with zero attached hydrogens (tertiary/aromatic N) is 1. The van der Waals surface area contributed by atoms with Crippen LogP contribution in [0.5, 0.6) is 0 Å². The van der Waals surface area contributed by atoms with E-state index >= 15 is 0 Å². The van der Waals surface area contributed by atoms with Gasteiger partial charge in [0, 0.05) is 12.1 Å². The molecule has 90 valence electrons. The Morgan fingerprint density at radius 2 is 1.40 bits per heavy atom. The summed E-state index contributed by atoms with van der Waals surface area (Å²) in [5.74, 6) is 0. The third-order valence-corrected chi connectivity index (χ3v) is 3.74. The van der Waals surface area contributed by atoms with E-state index in [0.717, 1.165) is 12.1 Å². The number of piperidine rings is 1. The molecular formula is C14H29N. The molecule has 0 aromatic carbocycles. The normalized spacial score (nSPS) is 28.2. The zero-order valence-corrected chi connectivity index (χ0v) is 11.0. The van der Waals surface area contributed by atoms with E-state index in [1.807, 2.05) is 0 Å². The molecule has 1 aliphatic heterocycles. The third-order valence-electron chi connectivity index (χ3n) is 3.74. The van der Waals surface area contributed by atoms with Crippen molar-refractivity contribution in [1.29, 1.82) is 0 Å². The summed E-state index contributed by atoms with van der Waals surface area (Å²) in [6.45, 7) is 8.30. The second-order valence-electron chi connectivity index (χ2n) is 5.05. The average molecular weight is 211 g/mol. The first-order chi connectivity index (χ1) is 7.33. The van der Waals surface area contributed by atoms with E-state index in [0.29, 0.717) is 0 Å². The highest BCUT2D eigenvalue weighted by atomic mass is 15.2. The Hall–Kier alpha value is -0.0400. The molecule has 0 N–H and O–H groups in total. The summed E-state index contributed by atoms with van der Waals surface area (Å²) < 4.78 is 0. The van der Waals surface area contributed by atoms with Crippen LogP contribution in [0, 0.1) is 0 Å². The predicted molar refractivity (Wildman–Crippen MR) is 68.2 cm³/mol. The number of rotatable bonds is 6. The molecule has 0 spiro atoms. The van der Waals surface area contributed by atoms with Crippen molar-refractivity contribution < 1.29 is 0 Å². The Kier molecular flexibility index (Phi) is 6.31. The molecule has 0 bridgehead atoms. The smallest absolute Gasteiger partial charge is 0.00980 e. The summed E-state index contributed by atoms with van der Waals surface area (Å²) in [5, 5.41) is 0. The minimum atomic E-state index is 0.903. The molecule has 0 aromatic rings. The van der Waals surface area contributed by atoms with Crippen molar-refractivity contribution in [3.05, 3.63) is 0 Å². The number of likely N-dealkylation sites (tertiary alicyclic amines) is 1. The molecule has 0 radical (unpaired) electrons. The van der Waals surface area contributed by atoms with Crippen LogP contribution in [-0.2, 0) is 0 Å². The van der Waals surface area contributed by atoms with Gasteiger partial charge < -0.3 is 0 Å². The van der Waals surface area contributed by atoms with Gasteiger partial charge in [0.25, 0.3) is 0 Å². The molecule has 0 aliphatic carbocycles. The molecule has 1 fully saturated rings. The number of hydrogen-bond acceptors (Lipinski definition) is 1. The van der Waals surface area contributed by atoms with Crippen LogP contribution in [0.25, 0.3) is 0 Å². The van der Waals surface area contributed by atoms with Gasteiger partial charge in [-0.2, -0.15) is 0 Å². The van der Waals surface area contributed by atoms with Crippen LogP contribution in [0.1, 0.15) is 72.1 Å². The SMILES string of the molecule is CCCC1CCCC(CCC)N1CCC. The Balaban J connectivity index is 2.53. The lowest BCUT2D eigenvalue weighted by atomic mass is 9.90. The fourth-order valence-corrected chi connectivity index (χ4v) is 3.13. The van der Waals surface area contributed by atoms with Crippen LogP contribution in [0.2, 0.25) is 0 Å². The van der Waals surface area contributed by atoms with Crippen molar-refractivity contribution in [1.82, 2.24) is 4.90 Å². The molecule has 1 saturated heterocycles. The highest BCUT2D eigenvalue weighted by Crippen LogP contribution is 2.28. The molecule has 15 heavy (non-hydrogen) atoms. The van der Waals surface area contributed by atoms with Crippen molar-refractivity contribution in [3.63, 3.8) is 0 Å². The van der Waals surface area contributed by atoms with E-state index in [1.165, 1.54) is 57.9 Å². The molecule has 2 unspecified atom stereocenters. The van der Waals surface area contributed by atoms with Gasteiger partial charge in [0.1, 0.15) is 0 Å². The van der Waals surface area contributed by atoms with E-state index < -0.39 is 0 Å².